The molecular formula is C77H130O6. The fourth-order valence-corrected chi connectivity index (χ4v) is 9.68. The summed E-state index contributed by atoms with van der Waals surface area (Å²) in [7, 11) is 0. The van der Waals surface area contributed by atoms with E-state index in [1.54, 1.807) is 0 Å². The molecule has 0 amide bonds. The molecule has 474 valence electrons. The molecule has 0 aliphatic rings. The van der Waals surface area contributed by atoms with Crippen LogP contribution in [0.15, 0.2) is 122 Å². The summed E-state index contributed by atoms with van der Waals surface area (Å²) in [6, 6.07) is 0. The first-order chi connectivity index (χ1) is 41.0. The smallest absolute Gasteiger partial charge is 0.306 e. The molecule has 0 aliphatic carbocycles. The minimum Gasteiger partial charge on any atom is -0.462 e. The first-order valence-corrected chi connectivity index (χ1v) is 35.0. The first kappa shape index (κ1) is 78.8. The van der Waals surface area contributed by atoms with Crippen LogP contribution in [0.25, 0.3) is 0 Å². The molecule has 0 saturated carbocycles. The van der Waals surface area contributed by atoms with Crippen LogP contribution >= 0.6 is 0 Å². The Hall–Kier alpha value is -4.19. The minimum absolute atomic E-state index is 0.0944. The van der Waals surface area contributed by atoms with Gasteiger partial charge < -0.3 is 14.2 Å². The molecule has 0 fully saturated rings. The normalized spacial score (nSPS) is 12.9. The van der Waals surface area contributed by atoms with Crippen molar-refractivity contribution in [2.24, 2.45) is 0 Å². The van der Waals surface area contributed by atoms with Gasteiger partial charge in [-0.1, -0.05) is 296 Å². The molecule has 0 bridgehead atoms. The molecule has 0 spiro atoms. The lowest BCUT2D eigenvalue weighted by Crippen LogP contribution is -2.30. The molecule has 6 nitrogen and oxygen atoms in total. The van der Waals surface area contributed by atoms with Crippen LogP contribution in [-0.4, -0.2) is 37.2 Å². The van der Waals surface area contributed by atoms with Crippen molar-refractivity contribution in [2.75, 3.05) is 13.2 Å². The number of carbonyl (C=O) groups is 3. The van der Waals surface area contributed by atoms with Gasteiger partial charge in [-0.05, 0) is 135 Å². The summed E-state index contributed by atoms with van der Waals surface area (Å²) in [5.74, 6) is -0.933. The van der Waals surface area contributed by atoms with Gasteiger partial charge in [-0.15, -0.1) is 0 Å². The Labute approximate surface area is 513 Å². The Morgan fingerprint density at radius 2 is 0.470 bits per heavy atom. The van der Waals surface area contributed by atoms with Gasteiger partial charge >= 0.3 is 17.9 Å². The van der Waals surface area contributed by atoms with Gasteiger partial charge in [0.2, 0.25) is 0 Å². The van der Waals surface area contributed by atoms with Crippen LogP contribution in [0.2, 0.25) is 0 Å². The van der Waals surface area contributed by atoms with E-state index in [-0.39, 0.29) is 31.1 Å². The third-order valence-electron chi connectivity index (χ3n) is 14.9. The van der Waals surface area contributed by atoms with Gasteiger partial charge in [-0.3, -0.25) is 14.4 Å². The minimum atomic E-state index is -0.803. The zero-order chi connectivity index (χ0) is 59.9. The lowest BCUT2D eigenvalue weighted by atomic mass is 10.1. The molecule has 0 rings (SSSR count). The van der Waals surface area contributed by atoms with Crippen LogP contribution in [0.1, 0.15) is 329 Å². The van der Waals surface area contributed by atoms with E-state index in [1.807, 2.05) is 0 Å². The van der Waals surface area contributed by atoms with Crippen molar-refractivity contribution in [3.63, 3.8) is 0 Å². The van der Waals surface area contributed by atoms with Crippen molar-refractivity contribution in [2.45, 2.75) is 335 Å². The van der Waals surface area contributed by atoms with Gasteiger partial charge in [-0.25, -0.2) is 0 Å². The van der Waals surface area contributed by atoms with Crippen LogP contribution in [-0.2, 0) is 28.6 Å². The second kappa shape index (κ2) is 70.3. The van der Waals surface area contributed by atoms with Crippen molar-refractivity contribution < 1.29 is 28.6 Å². The van der Waals surface area contributed by atoms with Crippen LogP contribution in [0.3, 0.4) is 0 Å². The summed E-state index contributed by atoms with van der Waals surface area (Å²) in [6.07, 6.45) is 97.8. The predicted molar refractivity (Wildman–Crippen MR) is 362 cm³/mol. The summed E-state index contributed by atoms with van der Waals surface area (Å²) in [5.41, 5.74) is 0. The topological polar surface area (TPSA) is 78.9 Å². The predicted octanol–water partition coefficient (Wildman–Crippen LogP) is 24.3. The maximum absolute atomic E-state index is 13.0. The Morgan fingerprint density at radius 3 is 0.771 bits per heavy atom. The number of hydrogen-bond acceptors (Lipinski definition) is 6. The molecule has 6 heteroatoms. The molecule has 83 heavy (non-hydrogen) atoms. The summed E-state index contributed by atoms with van der Waals surface area (Å²) in [6.45, 7) is 6.51. The number of carbonyl (C=O) groups excluding carboxylic acids is 3. The summed E-state index contributed by atoms with van der Waals surface area (Å²) in [5, 5.41) is 0. The van der Waals surface area contributed by atoms with Crippen LogP contribution in [0.5, 0.6) is 0 Å². The molecule has 0 aromatic rings. The van der Waals surface area contributed by atoms with Gasteiger partial charge in [0.15, 0.2) is 6.10 Å². The molecule has 1 unspecified atom stereocenters. The van der Waals surface area contributed by atoms with Crippen molar-refractivity contribution in [1.82, 2.24) is 0 Å². The van der Waals surface area contributed by atoms with Crippen LogP contribution in [0.4, 0.5) is 0 Å². The largest absolute Gasteiger partial charge is 0.462 e. The summed E-state index contributed by atoms with van der Waals surface area (Å²) >= 11 is 0. The summed E-state index contributed by atoms with van der Waals surface area (Å²) < 4.78 is 17.0. The summed E-state index contributed by atoms with van der Waals surface area (Å²) in [4.78, 5) is 38.5. The molecule has 0 aliphatic heterocycles. The molecule has 0 radical (unpaired) electrons. The Kier molecular flexibility index (Phi) is 66.7. The maximum atomic E-state index is 13.0. The van der Waals surface area contributed by atoms with Crippen molar-refractivity contribution in [1.29, 1.82) is 0 Å². The van der Waals surface area contributed by atoms with E-state index in [2.05, 4.69) is 142 Å². The third-order valence-corrected chi connectivity index (χ3v) is 14.9. The standard InChI is InChI=1S/C77H130O6/c1-4-7-10-13-16-19-22-25-28-31-34-35-36-37-38-39-40-41-44-46-49-52-55-58-61-64-67-70-76(79)82-73-74(83-77(80)71-68-65-62-59-56-53-50-47-43-33-30-27-24-21-18-15-12-9-6-3)72-81-75(78)69-66-63-60-57-54-51-48-45-42-32-29-26-23-20-17-14-11-8-5-2/h7,10,16,19,25-30,34-35,37-38,40-41,46,49,55,58,74H,4-6,8-9,11-15,17-18,20-24,31-33,36,39,42-45,47-48,50-54,56-57,59-73H2,1-3H3/b10-7-,19-16-,28-25-,29-26-,30-27-,35-34-,38-37-,41-40-,49-46-,58-55-. The fourth-order valence-electron chi connectivity index (χ4n) is 9.68. The van der Waals surface area contributed by atoms with E-state index < -0.39 is 6.10 Å². The molecule has 1 atom stereocenters. The van der Waals surface area contributed by atoms with Gasteiger partial charge in [0, 0.05) is 19.3 Å². The molecular weight excluding hydrogens is 1020 g/mol. The third kappa shape index (κ3) is 68.5. The lowest BCUT2D eigenvalue weighted by molar-refractivity contribution is -0.167. The molecule has 0 aromatic heterocycles. The molecule has 0 saturated heterocycles. The van der Waals surface area contributed by atoms with E-state index >= 15 is 0 Å². The number of esters is 3. The van der Waals surface area contributed by atoms with E-state index in [4.69, 9.17) is 14.2 Å². The van der Waals surface area contributed by atoms with Crippen molar-refractivity contribution >= 4 is 17.9 Å². The highest BCUT2D eigenvalue weighted by Crippen LogP contribution is 2.16. The molecule has 0 aromatic carbocycles. The maximum Gasteiger partial charge on any atom is 0.306 e. The number of unbranched alkanes of at least 4 members (excludes halogenated alkanes) is 32. The van der Waals surface area contributed by atoms with Crippen molar-refractivity contribution in [3.8, 4) is 0 Å². The zero-order valence-corrected chi connectivity index (χ0v) is 54.4. The van der Waals surface area contributed by atoms with Crippen LogP contribution < -0.4 is 0 Å². The van der Waals surface area contributed by atoms with Gasteiger partial charge in [0.05, 0.1) is 0 Å². The number of ether oxygens (including phenoxy) is 3. The Bertz CT molecular complexity index is 1700. The fraction of sp³-hybridized carbons (Fsp3) is 0.701. The number of rotatable bonds is 63. The van der Waals surface area contributed by atoms with Crippen molar-refractivity contribution in [3.05, 3.63) is 122 Å². The second-order valence-corrected chi connectivity index (χ2v) is 23.1. The highest BCUT2D eigenvalue weighted by molar-refractivity contribution is 5.71. The lowest BCUT2D eigenvalue weighted by Gasteiger charge is -2.18. The SMILES string of the molecule is CC/C=C\C/C=C\C/C=C\C/C=C\C/C=C\C/C=C\C/C=C\C/C=C\CCCCC(=O)OCC(COC(=O)CCCCCCCCCCC/C=C\CCCCCCCC)OC(=O)CCCCCCCCCCC/C=C\CCCCCCCC. The van der Waals surface area contributed by atoms with E-state index in [1.165, 1.54) is 180 Å². The average molecular weight is 1150 g/mol. The number of hydrogen-bond donors (Lipinski definition) is 0. The monoisotopic (exact) mass is 1150 g/mol. The Balaban J connectivity index is 4.46. The zero-order valence-electron chi connectivity index (χ0n) is 54.4. The van der Waals surface area contributed by atoms with Gasteiger partial charge in [0.25, 0.3) is 0 Å². The van der Waals surface area contributed by atoms with E-state index in [0.717, 1.165) is 109 Å². The number of allylic oxidation sites excluding steroid dienone is 20. The highest BCUT2D eigenvalue weighted by atomic mass is 16.6. The van der Waals surface area contributed by atoms with Gasteiger partial charge in [-0.2, -0.15) is 0 Å². The average Bonchev–Trinajstić information content (AvgIpc) is 3.50. The quantitative estimate of drug-likeness (QED) is 0.0261. The Morgan fingerprint density at radius 1 is 0.253 bits per heavy atom. The van der Waals surface area contributed by atoms with Gasteiger partial charge in [0.1, 0.15) is 13.2 Å². The second-order valence-electron chi connectivity index (χ2n) is 23.1. The molecule has 0 N–H and O–H groups in total. The van der Waals surface area contributed by atoms with E-state index in [9.17, 15) is 14.4 Å². The highest BCUT2D eigenvalue weighted by Gasteiger charge is 2.19. The van der Waals surface area contributed by atoms with E-state index in [0.29, 0.717) is 19.3 Å². The molecule has 0 heterocycles. The van der Waals surface area contributed by atoms with Crippen LogP contribution in [0, 0.1) is 0 Å². The first-order valence-electron chi connectivity index (χ1n) is 35.0.